The number of piperidine rings is 1. The number of carbonyl (C=O) groups is 5. The summed E-state index contributed by atoms with van der Waals surface area (Å²) in [7, 11) is 0. The number of rotatable bonds is 6. The number of carbonyl (C=O) groups excluding carboxylic acids is 4. The van der Waals surface area contributed by atoms with Crippen molar-refractivity contribution < 1.29 is 29.1 Å². The molecular formula is C21H25N3O6. The van der Waals surface area contributed by atoms with Crippen LogP contribution in [-0.2, 0) is 15.0 Å². The molecule has 0 bridgehead atoms. The minimum Gasteiger partial charge on any atom is -0.465 e. The maximum Gasteiger partial charge on any atom is 0.407 e. The lowest BCUT2D eigenvalue weighted by atomic mass is 9.80. The Kier molecular flexibility index (Phi) is 5.65. The van der Waals surface area contributed by atoms with Crippen molar-refractivity contribution in [2.45, 2.75) is 51.5 Å². The summed E-state index contributed by atoms with van der Waals surface area (Å²) in [5.41, 5.74) is 0.178. The molecule has 9 nitrogen and oxygen atoms in total. The molecule has 160 valence electrons. The van der Waals surface area contributed by atoms with Crippen molar-refractivity contribution >= 4 is 29.7 Å². The van der Waals surface area contributed by atoms with E-state index in [1.165, 1.54) is 11.0 Å². The van der Waals surface area contributed by atoms with Crippen molar-refractivity contribution in [1.82, 2.24) is 15.1 Å². The number of nitrogens with zero attached hydrogens (tertiary/aromatic N) is 2. The molecule has 2 N–H and O–H groups in total. The zero-order chi connectivity index (χ0) is 22.2. The maximum absolute atomic E-state index is 13.3. The summed E-state index contributed by atoms with van der Waals surface area (Å²) in [5.74, 6) is -2.27. The summed E-state index contributed by atoms with van der Waals surface area (Å²) < 4.78 is 0. The van der Waals surface area contributed by atoms with Crippen molar-refractivity contribution in [2.24, 2.45) is 0 Å². The molecule has 3 rings (SSSR count). The van der Waals surface area contributed by atoms with Gasteiger partial charge in [-0.05, 0) is 24.5 Å². The molecule has 2 heterocycles. The molecule has 0 saturated carbocycles. The van der Waals surface area contributed by atoms with E-state index >= 15 is 0 Å². The van der Waals surface area contributed by atoms with Crippen molar-refractivity contribution in [3.63, 3.8) is 0 Å². The summed E-state index contributed by atoms with van der Waals surface area (Å²) in [6.45, 7) is 6.01. The Morgan fingerprint density at radius 3 is 2.53 bits per heavy atom. The molecule has 30 heavy (non-hydrogen) atoms. The predicted molar refractivity (Wildman–Crippen MR) is 106 cm³/mol. The van der Waals surface area contributed by atoms with E-state index in [1.54, 1.807) is 12.1 Å². The fraction of sp³-hybridized carbons (Fsp3) is 0.476. The van der Waals surface area contributed by atoms with E-state index < -0.39 is 41.2 Å². The van der Waals surface area contributed by atoms with E-state index in [9.17, 15) is 29.1 Å². The number of fused-ring (bicyclic) bond motifs is 1. The van der Waals surface area contributed by atoms with E-state index in [2.05, 4.69) is 5.32 Å². The fourth-order valence-electron chi connectivity index (χ4n) is 4.15. The van der Waals surface area contributed by atoms with Gasteiger partial charge in [0.1, 0.15) is 6.04 Å². The first-order valence-corrected chi connectivity index (χ1v) is 9.91. The highest BCUT2D eigenvalue weighted by Crippen LogP contribution is 2.36. The van der Waals surface area contributed by atoms with Gasteiger partial charge in [0.05, 0.1) is 11.1 Å². The van der Waals surface area contributed by atoms with Crippen LogP contribution in [0.1, 0.15) is 66.3 Å². The lowest BCUT2D eigenvalue weighted by Crippen LogP contribution is -2.54. The monoisotopic (exact) mass is 415 g/mol. The molecule has 1 atom stereocenters. The van der Waals surface area contributed by atoms with Gasteiger partial charge in [0.15, 0.2) is 0 Å². The normalized spacial score (nSPS) is 19.0. The Bertz CT molecular complexity index is 939. The van der Waals surface area contributed by atoms with Crippen LogP contribution in [0.2, 0.25) is 0 Å². The number of benzene rings is 1. The Labute approximate surface area is 174 Å². The van der Waals surface area contributed by atoms with Gasteiger partial charge in [-0.25, -0.2) is 4.79 Å². The number of imide groups is 2. The number of carboxylic acid groups (broad SMARTS) is 1. The second-order valence-corrected chi connectivity index (χ2v) is 8.26. The van der Waals surface area contributed by atoms with Gasteiger partial charge in [-0.2, -0.15) is 0 Å². The second kappa shape index (κ2) is 7.89. The van der Waals surface area contributed by atoms with Gasteiger partial charge in [0.25, 0.3) is 11.8 Å². The first-order chi connectivity index (χ1) is 14.1. The van der Waals surface area contributed by atoms with Crippen LogP contribution in [0.4, 0.5) is 4.79 Å². The lowest BCUT2D eigenvalue weighted by Gasteiger charge is -2.32. The average Bonchev–Trinajstić information content (AvgIpc) is 2.92. The van der Waals surface area contributed by atoms with Crippen LogP contribution in [0.3, 0.4) is 0 Å². The van der Waals surface area contributed by atoms with Crippen molar-refractivity contribution in [3.05, 3.63) is 34.9 Å². The standard InChI is InChI=1S/C21H25N3O6/c1-4-10-23(20(29)30)11-21(2,3)13-7-5-6-12-16(13)19(28)24(18(12)27)14-8-9-15(25)22-17(14)26/h5-7,14H,4,8-11H2,1-3H3,(H,29,30)(H,22,25,26). The Morgan fingerprint density at radius 2 is 1.93 bits per heavy atom. The van der Waals surface area contributed by atoms with E-state index in [0.717, 1.165) is 4.90 Å². The van der Waals surface area contributed by atoms with Crippen molar-refractivity contribution in [1.29, 1.82) is 0 Å². The van der Waals surface area contributed by atoms with Gasteiger partial charge < -0.3 is 10.0 Å². The molecule has 2 aliphatic rings. The Balaban J connectivity index is 1.98. The van der Waals surface area contributed by atoms with Gasteiger partial charge in [-0.3, -0.25) is 29.4 Å². The minimum atomic E-state index is -1.05. The van der Waals surface area contributed by atoms with Gasteiger partial charge in [0, 0.05) is 24.9 Å². The average molecular weight is 415 g/mol. The second-order valence-electron chi connectivity index (χ2n) is 8.26. The van der Waals surface area contributed by atoms with Crippen LogP contribution in [0.15, 0.2) is 18.2 Å². The lowest BCUT2D eigenvalue weighted by molar-refractivity contribution is -0.136. The summed E-state index contributed by atoms with van der Waals surface area (Å²) in [4.78, 5) is 63.7. The number of amides is 5. The molecule has 0 aromatic heterocycles. The van der Waals surface area contributed by atoms with Gasteiger partial charge in [-0.1, -0.05) is 32.9 Å². The minimum absolute atomic E-state index is 0.0484. The summed E-state index contributed by atoms with van der Waals surface area (Å²) >= 11 is 0. The topological polar surface area (TPSA) is 124 Å². The van der Waals surface area contributed by atoms with Crippen LogP contribution in [0, 0.1) is 0 Å². The van der Waals surface area contributed by atoms with Gasteiger partial charge in [-0.15, -0.1) is 0 Å². The molecule has 0 aliphatic carbocycles. The third-order valence-electron chi connectivity index (χ3n) is 5.55. The maximum atomic E-state index is 13.3. The summed E-state index contributed by atoms with van der Waals surface area (Å²) in [5, 5.41) is 11.7. The number of hydrogen-bond acceptors (Lipinski definition) is 5. The molecule has 9 heteroatoms. The van der Waals surface area contributed by atoms with E-state index in [4.69, 9.17) is 0 Å². The zero-order valence-corrected chi connectivity index (χ0v) is 17.2. The smallest absolute Gasteiger partial charge is 0.407 e. The molecule has 1 saturated heterocycles. The SMILES string of the molecule is CCCN(CC(C)(C)c1cccc2c1C(=O)N(C1CCC(=O)NC1=O)C2=O)C(=O)O. The van der Waals surface area contributed by atoms with Gasteiger partial charge in [0.2, 0.25) is 11.8 Å². The molecule has 1 aromatic carbocycles. The number of nitrogens with one attached hydrogen (secondary N) is 1. The predicted octanol–water partition coefficient (Wildman–Crippen LogP) is 1.76. The highest BCUT2D eigenvalue weighted by Gasteiger charge is 2.47. The quantitative estimate of drug-likeness (QED) is 0.682. The van der Waals surface area contributed by atoms with Crippen molar-refractivity contribution in [2.75, 3.05) is 13.1 Å². The summed E-state index contributed by atoms with van der Waals surface area (Å²) in [6.07, 6.45) is -0.272. The first kappa shape index (κ1) is 21.5. The molecule has 1 aromatic rings. The van der Waals surface area contributed by atoms with E-state index in [1.807, 2.05) is 20.8 Å². The molecule has 1 fully saturated rings. The molecule has 0 spiro atoms. The fourth-order valence-corrected chi connectivity index (χ4v) is 4.15. The largest absolute Gasteiger partial charge is 0.465 e. The van der Waals surface area contributed by atoms with Gasteiger partial charge >= 0.3 is 6.09 Å². The zero-order valence-electron chi connectivity index (χ0n) is 17.2. The van der Waals surface area contributed by atoms with E-state index in [-0.39, 0.29) is 30.5 Å². The third-order valence-corrected chi connectivity index (χ3v) is 5.55. The van der Waals surface area contributed by atoms with Crippen LogP contribution >= 0.6 is 0 Å². The highest BCUT2D eigenvalue weighted by molar-refractivity contribution is 6.24. The molecule has 5 amide bonds. The molecule has 0 radical (unpaired) electrons. The number of hydrogen-bond donors (Lipinski definition) is 2. The molecule has 1 unspecified atom stereocenters. The van der Waals surface area contributed by atoms with Crippen molar-refractivity contribution in [3.8, 4) is 0 Å². The Hall–Kier alpha value is -3.23. The van der Waals surface area contributed by atoms with Crippen LogP contribution in [0.5, 0.6) is 0 Å². The first-order valence-electron chi connectivity index (χ1n) is 9.91. The third kappa shape index (κ3) is 3.67. The van der Waals surface area contributed by atoms with Crippen LogP contribution in [0.25, 0.3) is 0 Å². The highest BCUT2D eigenvalue weighted by atomic mass is 16.4. The van der Waals surface area contributed by atoms with Crippen LogP contribution in [-0.4, -0.2) is 63.8 Å². The molecule has 2 aliphatic heterocycles. The Morgan fingerprint density at radius 1 is 1.23 bits per heavy atom. The van der Waals surface area contributed by atoms with Crippen LogP contribution < -0.4 is 5.32 Å². The molecular weight excluding hydrogens is 390 g/mol. The summed E-state index contributed by atoms with van der Waals surface area (Å²) in [6, 6.07) is 3.85. The van der Waals surface area contributed by atoms with E-state index in [0.29, 0.717) is 18.5 Å².